The highest BCUT2D eigenvalue weighted by Gasteiger charge is 2.40. The van der Waals surface area contributed by atoms with Gasteiger partial charge in [-0.1, -0.05) is 0 Å². The van der Waals surface area contributed by atoms with E-state index in [1.165, 1.54) is 7.11 Å². The summed E-state index contributed by atoms with van der Waals surface area (Å²) in [7, 11) is 1.36. The predicted octanol–water partition coefficient (Wildman–Crippen LogP) is 1.71. The van der Waals surface area contributed by atoms with E-state index in [0.717, 1.165) is 24.3 Å². The van der Waals surface area contributed by atoms with E-state index >= 15 is 0 Å². The number of ether oxygens (including phenoxy) is 2. The first-order valence-corrected chi connectivity index (χ1v) is 6.26. The molecule has 1 fully saturated rings. The Hall–Kier alpha value is -2.22. The molecule has 2 aliphatic rings. The van der Waals surface area contributed by atoms with Crippen LogP contribution in [0.15, 0.2) is 18.2 Å². The molecule has 0 unspecified atom stereocenters. The number of benzene rings is 1. The van der Waals surface area contributed by atoms with E-state index in [1.54, 1.807) is 23.1 Å². The second-order valence-electron chi connectivity index (χ2n) is 4.84. The highest BCUT2D eigenvalue weighted by Crippen LogP contribution is 2.44. The lowest BCUT2D eigenvalue weighted by molar-refractivity contribution is 0.0600. The maximum atomic E-state index is 11.6. The Morgan fingerprint density at radius 2 is 2.42 bits per heavy atom. The van der Waals surface area contributed by atoms with Gasteiger partial charge in [-0.15, -0.1) is 0 Å². The smallest absolute Gasteiger partial charge is 0.337 e. The standard InChI is InChI=1S/C14H14N2O3/c1-18-14(17)9-2-3-12-11(6-9)13-10(7-19-12)4-5-16(13)8-15/h2-3,6,10,13H,4-5,7H2,1H3/t10-,13-/m0/s1. The number of rotatable bonds is 1. The van der Waals surface area contributed by atoms with Crippen LogP contribution in [0.5, 0.6) is 5.75 Å². The molecule has 0 spiro atoms. The molecule has 2 aliphatic heterocycles. The third-order valence-electron chi connectivity index (χ3n) is 3.85. The quantitative estimate of drug-likeness (QED) is 0.567. The van der Waals surface area contributed by atoms with Crippen molar-refractivity contribution < 1.29 is 14.3 Å². The molecule has 0 N–H and O–H groups in total. The van der Waals surface area contributed by atoms with Gasteiger partial charge in [-0.2, -0.15) is 5.26 Å². The molecule has 0 amide bonds. The Labute approximate surface area is 111 Å². The number of nitriles is 1. The van der Waals surface area contributed by atoms with E-state index in [4.69, 9.17) is 9.47 Å². The van der Waals surface area contributed by atoms with Crippen molar-refractivity contribution in [1.82, 2.24) is 4.90 Å². The lowest BCUT2D eigenvalue weighted by Crippen LogP contribution is -2.28. The first-order chi connectivity index (χ1) is 9.24. The van der Waals surface area contributed by atoms with Crippen molar-refractivity contribution in [2.75, 3.05) is 20.3 Å². The molecule has 5 nitrogen and oxygen atoms in total. The number of methoxy groups -OCH3 is 1. The van der Waals surface area contributed by atoms with Crippen molar-refractivity contribution in [3.63, 3.8) is 0 Å². The van der Waals surface area contributed by atoms with Gasteiger partial charge in [-0.25, -0.2) is 4.79 Å². The fourth-order valence-electron chi connectivity index (χ4n) is 2.92. The highest BCUT2D eigenvalue weighted by atomic mass is 16.5. The maximum absolute atomic E-state index is 11.6. The van der Waals surface area contributed by atoms with Crippen molar-refractivity contribution in [3.8, 4) is 11.9 Å². The minimum Gasteiger partial charge on any atom is -0.493 e. The summed E-state index contributed by atoms with van der Waals surface area (Å²) >= 11 is 0. The summed E-state index contributed by atoms with van der Waals surface area (Å²) in [5, 5.41) is 9.20. The van der Waals surface area contributed by atoms with Crippen molar-refractivity contribution in [1.29, 1.82) is 5.26 Å². The molecule has 0 aromatic heterocycles. The average Bonchev–Trinajstić information content (AvgIpc) is 2.89. The van der Waals surface area contributed by atoms with Gasteiger partial charge in [0.15, 0.2) is 6.19 Å². The minimum atomic E-state index is -0.369. The Kier molecular flexibility index (Phi) is 2.79. The molecule has 2 atom stereocenters. The van der Waals surface area contributed by atoms with E-state index in [2.05, 4.69) is 6.19 Å². The third kappa shape index (κ3) is 1.80. The number of hydrogen-bond acceptors (Lipinski definition) is 5. The van der Waals surface area contributed by atoms with Gasteiger partial charge in [0.05, 0.1) is 25.3 Å². The van der Waals surface area contributed by atoms with Gasteiger partial charge in [-0.3, -0.25) is 0 Å². The summed E-state index contributed by atoms with van der Waals surface area (Å²) in [6.07, 6.45) is 3.17. The van der Waals surface area contributed by atoms with Crippen LogP contribution in [-0.4, -0.2) is 31.1 Å². The Bertz CT molecular complexity index is 564. The molecule has 0 bridgehead atoms. The van der Waals surface area contributed by atoms with Gasteiger partial charge >= 0.3 is 5.97 Å². The lowest BCUT2D eigenvalue weighted by atomic mass is 9.90. The SMILES string of the molecule is COC(=O)c1ccc2c(c1)[C@@H]1[C@@H](CCN1C#N)CO2. The normalized spacial score (nSPS) is 23.9. The second-order valence-corrected chi connectivity index (χ2v) is 4.84. The topological polar surface area (TPSA) is 62.6 Å². The van der Waals surface area contributed by atoms with Gasteiger partial charge in [0.25, 0.3) is 0 Å². The number of esters is 1. The number of carbonyl (C=O) groups excluding carboxylic acids is 1. The van der Waals surface area contributed by atoms with Gasteiger partial charge < -0.3 is 14.4 Å². The zero-order valence-corrected chi connectivity index (χ0v) is 10.6. The van der Waals surface area contributed by atoms with Gasteiger partial charge in [0.2, 0.25) is 0 Å². The van der Waals surface area contributed by atoms with Crippen LogP contribution in [0, 0.1) is 17.4 Å². The molecule has 98 valence electrons. The highest BCUT2D eigenvalue weighted by molar-refractivity contribution is 5.89. The molecular weight excluding hydrogens is 244 g/mol. The van der Waals surface area contributed by atoms with Crippen molar-refractivity contribution in [2.45, 2.75) is 12.5 Å². The minimum absolute atomic E-state index is 0.0263. The summed E-state index contributed by atoms with van der Waals surface area (Å²) < 4.78 is 10.4. The largest absolute Gasteiger partial charge is 0.493 e. The van der Waals surface area contributed by atoms with Gasteiger partial charge in [0, 0.05) is 18.0 Å². The number of nitrogens with zero attached hydrogens (tertiary/aromatic N) is 2. The Balaban J connectivity index is 2.04. The van der Waals surface area contributed by atoms with Crippen LogP contribution >= 0.6 is 0 Å². The summed E-state index contributed by atoms with van der Waals surface area (Å²) in [4.78, 5) is 13.4. The molecule has 1 saturated heterocycles. The zero-order valence-electron chi connectivity index (χ0n) is 10.6. The van der Waals surface area contributed by atoms with Crippen LogP contribution in [0.25, 0.3) is 0 Å². The molecule has 0 radical (unpaired) electrons. The Morgan fingerprint density at radius 3 is 3.16 bits per heavy atom. The van der Waals surface area contributed by atoms with Crippen LogP contribution < -0.4 is 4.74 Å². The van der Waals surface area contributed by atoms with Crippen LogP contribution in [0.4, 0.5) is 0 Å². The first-order valence-electron chi connectivity index (χ1n) is 6.26. The number of hydrogen-bond donors (Lipinski definition) is 0. The number of likely N-dealkylation sites (tertiary alicyclic amines) is 1. The molecule has 3 rings (SSSR count). The van der Waals surface area contributed by atoms with E-state index < -0.39 is 0 Å². The summed E-state index contributed by atoms with van der Waals surface area (Å²) in [6.45, 7) is 1.38. The van der Waals surface area contributed by atoms with Crippen molar-refractivity contribution in [2.24, 2.45) is 5.92 Å². The molecular formula is C14H14N2O3. The fourth-order valence-corrected chi connectivity index (χ4v) is 2.92. The molecule has 1 aromatic carbocycles. The van der Waals surface area contributed by atoms with Crippen molar-refractivity contribution >= 4 is 5.97 Å². The summed E-state index contributed by atoms with van der Waals surface area (Å²) in [5.41, 5.74) is 1.41. The molecule has 0 saturated carbocycles. The number of fused-ring (bicyclic) bond motifs is 3. The molecule has 2 heterocycles. The van der Waals surface area contributed by atoms with Crippen LogP contribution in [-0.2, 0) is 4.74 Å². The van der Waals surface area contributed by atoms with Crippen molar-refractivity contribution in [3.05, 3.63) is 29.3 Å². The average molecular weight is 258 g/mol. The predicted molar refractivity (Wildman–Crippen MR) is 66.4 cm³/mol. The monoisotopic (exact) mass is 258 g/mol. The molecule has 5 heteroatoms. The zero-order chi connectivity index (χ0) is 13.4. The third-order valence-corrected chi connectivity index (χ3v) is 3.85. The molecule has 1 aromatic rings. The van der Waals surface area contributed by atoms with Gasteiger partial charge in [0.1, 0.15) is 5.75 Å². The van der Waals surface area contributed by atoms with E-state index in [-0.39, 0.29) is 12.0 Å². The van der Waals surface area contributed by atoms with Crippen LogP contribution in [0.1, 0.15) is 28.4 Å². The second kappa shape index (κ2) is 4.47. The van der Waals surface area contributed by atoms with Crippen LogP contribution in [0.2, 0.25) is 0 Å². The first kappa shape index (κ1) is 11.8. The summed E-state index contributed by atoms with van der Waals surface area (Å²) in [6, 6.07) is 5.29. The lowest BCUT2D eigenvalue weighted by Gasteiger charge is -2.31. The van der Waals surface area contributed by atoms with E-state index in [1.807, 2.05) is 0 Å². The fraction of sp³-hybridized carbons (Fsp3) is 0.429. The van der Waals surface area contributed by atoms with E-state index in [9.17, 15) is 10.1 Å². The summed E-state index contributed by atoms with van der Waals surface area (Å²) in [5.74, 6) is 0.711. The number of carbonyl (C=O) groups is 1. The van der Waals surface area contributed by atoms with Gasteiger partial charge in [-0.05, 0) is 24.6 Å². The Morgan fingerprint density at radius 1 is 1.58 bits per heavy atom. The maximum Gasteiger partial charge on any atom is 0.337 e. The molecule has 19 heavy (non-hydrogen) atoms. The molecule has 0 aliphatic carbocycles. The van der Waals surface area contributed by atoms with E-state index in [0.29, 0.717) is 18.1 Å². The van der Waals surface area contributed by atoms with Crippen LogP contribution in [0.3, 0.4) is 0 Å².